The number of ether oxygens (including phenoxy) is 1. The van der Waals surface area contributed by atoms with Gasteiger partial charge in [0.1, 0.15) is 9.93 Å². The van der Waals surface area contributed by atoms with Crippen LogP contribution in [0.5, 0.6) is 0 Å². The zero-order valence-electron chi connectivity index (χ0n) is 12.6. The van der Waals surface area contributed by atoms with Crippen LogP contribution in [0.3, 0.4) is 0 Å². The summed E-state index contributed by atoms with van der Waals surface area (Å²) in [5.74, 6) is 0. The van der Waals surface area contributed by atoms with E-state index in [1.807, 2.05) is 27.7 Å². The van der Waals surface area contributed by atoms with E-state index >= 15 is 0 Å². The summed E-state index contributed by atoms with van der Waals surface area (Å²) in [6, 6.07) is 0. The molecule has 1 heterocycles. The van der Waals surface area contributed by atoms with E-state index < -0.39 is 9.93 Å². The molecule has 0 aliphatic carbocycles. The van der Waals surface area contributed by atoms with E-state index in [9.17, 15) is 4.79 Å². The summed E-state index contributed by atoms with van der Waals surface area (Å²) in [5.41, 5.74) is -0.571. The van der Waals surface area contributed by atoms with Crippen LogP contribution in [0, 0.1) is 5.41 Å². The molecular weight excluding hydrogens is 285 g/mol. The third kappa shape index (κ3) is 4.16. The average Bonchev–Trinajstić information content (AvgIpc) is 2.25. The van der Waals surface area contributed by atoms with Crippen LogP contribution in [0.2, 0.25) is 0 Å². The van der Waals surface area contributed by atoms with Crippen molar-refractivity contribution in [2.24, 2.45) is 5.41 Å². The van der Waals surface area contributed by atoms with E-state index in [1.165, 1.54) is 0 Å². The van der Waals surface area contributed by atoms with Gasteiger partial charge >= 0.3 is 6.09 Å². The van der Waals surface area contributed by atoms with Crippen LogP contribution in [0.25, 0.3) is 0 Å². The van der Waals surface area contributed by atoms with Gasteiger partial charge in [0.05, 0.1) is 0 Å². The normalized spacial score (nSPS) is 20.3. The van der Waals surface area contributed by atoms with Gasteiger partial charge in [0.2, 0.25) is 0 Å². The standard InChI is InChI=1S/C14H25Cl2NO2/c1-6-14(13(5,15)16)7-9-17(10-8-14)11(18)19-12(2,3)4/h6-10H2,1-5H3. The molecular formula is C14H25Cl2NO2. The molecule has 1 aliphatic rings. The predicted molar refractivity (Wildman–Crippen MR) is 79.9 cm³/mol. The highest BCUT2D eigenvalue weighted by Crippen LogP contribution is 2.50. The first-order valence-corrected chi connectivity index (χ1v) is 7.62. The lowest BCUT2D eigenvalue weighted by atomic mass is 9.73. The Bertz CT molecular complexity index is 323. The molecule has 0 aromatic carbocycles. The maximum atomic E-state index is 12.0. The van der Waals surface area contributed by atoms with Crippen LogP contribution in [0.15, 0.2) is 0 Å². The molecule has 0 radical (unpaired) electrons. The fraction of sp³-hybridized carbons (Fsp3) is 0.929. The number of halogens is 2. The molecule has 0 spiro atoms. The second kappa shape index (κ2) is 5.69. The van der Waals surface area contributed by atoms with Gasteiger partial charge in [-0.25, -0.2) is 4.79 Å². The fourth-order valence-electron chi connectivity index (χ4n) is 2.55. The molecule has 0 unspecified atom stereocenters. The van der Waals surface area contributed by atoms with Crippen molar-refractivity contribution in [2.75, 3.05) is 13.1 Å². The van der Waals surface area contributed by atoms with Gasteiger partial charge in [-0.1, -0.05) is 6.92 Å². The van der Waals surface area contributed by atoms with E-state index in [4.69, 9.17) is 27.9 Å². The molecule has 1 aliphatic heterocycles. The summed E-state index contributed by atoms with van der Waals surface area (Å²) in [4.78, 5) is 13.7. The Kier molecular flexibility index (Phi) is 5.06. The zero-order chi connectivity index (χ0) is 14.9. The summed E-state index contributed by atoms with van der Waals surface area (Å²) in [6.45, 7) is 10.9. The van der Waals surface area contributed by atoms with Gasteiger partial charge in [0.25, 0.3) is 0 Å². The lowest BCUT2D eigenvalue weighted by molar-refractivity contribution is 0.00771. The molecule has 5 heteroatoms. The summed E-state index contributed by atoms with van der Waals surface area (Å²) >= 11 is 12.7. The number of amides is 1. The number of hydrogen-bond donors (Lipinski definition) is 0. The molecule has 0 aromatic heterocycles. The number of likely N-dealkylation sites (tertiary alicyclic amines) is 1. The number of carbonyl (C=O) groups excluding carboxylic acids is 1. The van der Waals surface area contributed by atoms with E-state index in [-0.39, 0.29) is 11.5 Å². The second-order valence-electron chi connectivity index (χ2n) is 6.49. The molecule has 0 saturated carbocycles. The van der Waals surface area contributed by atoms with Crippen molar-refractivity contribution >= 4 is 29.3 Å². The maximum absolute atomic E-state index is 12.0. The molecule has 0 atom stereocenters. The van der Waals surface area contributed by atoms with Gasteiger partial charge in [-0.05, 0) is 47.0 Å². The molecule has 112 valence electrons. The smallest absolute Gasteiger partial charge is 0.410 e. The van der Waals surface area contributed by atoms with E-state index in [0.717, 1.165) is 19.3 Å². The fourth-order valence-corrected chi connectivity index (χ4v) is 3.19. The summed E-state index contributed by atoms with van der Waals surface area (Å²) in [7, 11) is 0. The zero-order valence-corrected chi connectivity index (χ0v) is 14.1. The van der Waals surface area contributed by atoms with E-state index in [0.29, 0.717) is 13.1 Å². The molecule has 0 aromatic rings. The third-order valence-corrected chi connectivity index (χ3v) is 4.78. The largest absolute Gasteiger partial charge is 0.444 e. The molecule has 1 amide bonds. The monoisotopic (exact) mass is 309 g/mol. The highest BCUT2D eigenvalue weighted by atomic mass is 35.5. The Morgan fingerprint density at radius 2 is 1.68 bits per heavy atom. The van der Waals surface area contributed by atoms with Crippen LogP contribution >= 0.6 is 23.2 Å². The van der Waals surface area contributed by atoms with Crippen LogP contribution in [0.4, 0.5) is 4.79 Å². The molecule has 3 nitrogen and oxygen atoms in total. The van der Waals surface area contributed by atoms with Crippen molar-refractivity contribution in [3.63, 3.8) is 0 Å². The molecule has 19 heavy (non-hydrogen) atoms. The van der Waals surface area contributed by atoms with Gasteiger partial charge in [0.15, 0.2) is 0 Å². The van der Waals surface area contributed by atoms with Crippen LogP contribution in [-0.4, -0.2) is 34.0 Å². The van der Waals surface area contributed by atoms with Crippen LogP contribution in [0.1, 0.15) is 53.9 Å². The minimum atomic E-state index is -0.762. The highest BCUT2D eigenvalue weighted by Gasteiger charge is 2.47. The van der Waals surface area contributed by atoms with Gasteiger partial charge < -0.3 is 9.64 Å². The second-order valence-corrected chi connectivity index (χ2v) is 8.19. The van der Waals surface area contributed by atoms with Crippen molar-refractivity contribution in [1.82, 2.24) is 4.90 Å². The van der Waals surface area contributed by atoms with Crippen molar-refractivity contribution in [1.29, 1.82) is 0 Å². The molecule has 0 N–H and O–H groups in total. The highest BCUT2D eigenvalue weighted by molar-refractivity contribution is 6.48. The number of rotatable bonds is 2. The van der Waals surface area contributed by atoms with Crippen molar-refractivity contribution < 1.29 is 9.53 Å². The average molecular weight is 310 g/mol. The minimum absolute atomic E-state index is 0.116. The van der Waals surface area contributed by atoms with Gasteiger partial charge in [-0.15, -0.1) is 23.2 Å². The number of nitrogens with zero attached hydrogens (tertiary/aromatic N) is 1. The molecule has 1 saturated heterocycles. The van der Waals surface area contributed by atoms with Gasteiger partial charge in [-0.2, -0.15) is 0 Å². The molecule has 1 fully saturated rings. The van der Waals surface area contributed by atoms with Crippen molar-refractivity contribution in [3.05, 3.63) is 0 Å². The summed E-state index contributed by atoms with van der Waals surface area (Å²) in [5, 5.41) is 0. The summed E-state index contributed by atoms with van der Waals surface area (Å²) in [6.07, 6.45) is 2.29. The topological polar surface area (TPSA) is 29.5 Å². The molecule has 1 rings (SSSR count). The Labute approximate surface area is 126 Å². The lowest BCUT2D eigenvalue weighted by Gasteiger charge is -2.46. The lowest BCUT2D eigenvalue weighted by Crippen LogP contribution is -2.50. The SMILES string of the molecule is CCC1(C(C)(Cl)Cl)CCN(C(=O)OC(C)(C)C)CC1. The van der Waals surface area contributed by atoms with Gasteiger partial charge in [0, 0.05) is 18.5 Å². The molecule has 0 bridgehead atoms. The number of carbonyl (C=O) groups is 1. The van der Waals surface area contributed by atoms with Crippen molar-refractivity contribution in [3.8, 4) is 0 Å². The third-order valence-electron chi connectivity index (χ3n) is 3.98. The Morgan fingerprint density at radius 3 is 2.00 bits per heavy atom. The van der Waals surface area contributed by atoms with Crippen molar-refractivity contribution in [2.45, 2.75) is 63.8 Å². The first kappa shape index (κ1) is 16.9. The Morgan fingerprint density at radius 1 is 1.21 bits per heavy atom. The maximum Gasteiger partial charge on any atom is 0.410 e. The Balaban J connectivity index is 2.64. The summed E-state index contributed by atoms with van der Waals surface area (Å²) < 4.78 is 4.62. The minimum Gasteiger partial charge on any atom is -0.444 e. The van der Waals surface area contributed by atoms with E-state index in [2.05, 4.69) is 6.92 Å². The van der Waals surface area contributed by atoms with Crippen LogP contribution < -0.4 is 0 Å². The van der Waals surface area contributed by atoms with Gasteiger partial charge in [-0.3, -0.25) is 0 Å². The number of hydrogen-bond acceptors (Lipinski definition) is 2. The number of alkyl halides is 2. The first-order valence-electron chi connectivity index (χ1n) is 6.86. The Hall–Kier alpha value is -0.150. The van der Waals surface area contributed by atoms with E-state index in [1.54, 1.807) is 4.90 Å². The van der Waals surface area contributed by atoms with Crippen LogP contribution in [-0.2, 0) is 4.74 Å². The first-order chi connectivity index (χ1) is 8.51. The quantitative estimate of drug-likeness (QED) is 0.697. The number of piperidine rings is 1. The predicted octanol–water partition coefficient (Wildman–Crippen LogP) is 4.61.